The molecule has 1 rings (SSSR count). The van der Waals surface area contributed by atoms with Crippen molar-refractivity contribution in [3.05, 3.63) is 11.3 Å². The number of rotatable bonds is 5. The molecule has 1 heterocycles. The number of ether oxygens (including phenoxy) is 1. The molecule has 1 aromatic heterocycles. The summed E-state index contributed by atoms with van der Waals surface area (Å²) < 4.78 is 6.78. The SMILES string of the molecule is COCCSc1c(CO)c(C)nn1C. The summed E-state index contributed by atoms with van der Waals surface area (Å²) in [4.78, 5) is 0. The number of hydrogen-bond donors (Lipinski definition) is 1. The standard InChI is InChI=1S/C9H16N2O2S/c1-7-8(6-12)9(11(2)10-7)14-5-4-13-3/h12H,4-6H2,1-3H3. The number of aryl methyl sites for hydroxylation is 2. The molecule has 0 aliphatic heterocycles. The highest BCUT2D eigenvalue weighted by Crippen LogP contribution is 2.24. The summed E-state index contributed by atoms with van der Waals surface area (Å²) in [6.07, 6.45) is 0. The minimum absolute atomic E-state index is 0.0506. The minimum atomic E-state index is 0.0506. The third-order valence-electron chi connectivity index (χ3n) is 1.97. The number of methoxy groups -OCH3 is 1. The van der Waals surface area contributed by atoms with Crippen molar-refractivity contribution in [3.8, 4) is 0 Å². The second-order valence-corrected chi connectivity index (χ2v) is 4.08. The molecule has 1 N–H and O–H groups in total. The van der Waals surface area contributed by atoms with Gasteiger partial charge in [0.2, 0.25) is 0 Å². The maximum absolute atomic E-state index is 9.17. The van der Waals surface area contributed by atoms with E-state index in [1.165, 1.54) is 0 Å². The Morgan fingerprint density at radius 1 is 1.57 bits per heavy atom. The molecule has 0 spiro atoms. The molecule has 0 saturated heterocycles. The van der Waals surface area contributed by atoms with Gasteiger partial charge in [0.05, 0.1) is 23.9 Å². The summed E-state index contributed by atoms with van der Waals surface area (Å²) in [6.45, 7) is 2.67. The molecule has 0 amide bonds. The largest absolute Gasteiger partial charge is 0.392 e. The van der Waals surface area contributed by atoms with Gasteiger partial charge in [0.25, 0.3) is 0 Å². The minimum Gasteiger partial charge on any atom is -0.392 e. The van der Waals surface area contributed by atoms with Crippen molar-refractivity contribution in [2.24, 2.45) is 7.05 Å². The molecule has 0 aliphatic rings. The number of thioether (sulfide) groups is 1. The van der Waals surface area contributed by atoms with E-state index in [4.69, 9.17) is 4.74 Å². The van der Waals surface area contributed by atoms with Gasteiger partial charge in [-0.3, -0.25) is 4.68 Å². The number of aliphatic hydroxyl groups is 1. The number of hydrogen-bond acceptors (Lipinski definition) is 4. The van der Waals surface area contributed by atoms with Gasteiger partial charge in [-0.1, -0.05) is 0 Å². The first-order valence-corrected chi connectivity index (χ1v) is 5.44. The lowest BCUT2D eigenvalue weighted by atomic mass is 10.3. The normalized spacial score (nSPS) is 10.9. The van der Waals surface area contributed by atoms with Gasteiger partial charge >= 0.3 is 0 Å². The zero-order chi connectivity index (χ0) is 10.6. The van der Waals surface area contributed by atoms with Crippen LogP contribution in [-0.4, -0.2) is 34.4 Å². The first-order valence-electron chi connectivity index (χ1n) is 4.45. The van der Waals surface area contributed by atoms with Crippen LogP contribution in [0.2, 0.25) is 0 Å². The summed E-state index contributed by atoms with van der Waals surface area (Å²) in [7, 11) is 3.57. The van der Waals surface area contributed by atoms with Crippen LogP contribution in [0.25, 0.3) is 0 Å². The maximum Gasteiger partial charge on any atom is 0.0995 e. The maximum atomic E-state index is 9.17. The third-order valence-corrected chi connectivity index (χ3v) is 3.13. The van der Waals surface area contributed by atoms with E-state index in [0.717, 1.165) is 22.0 Å². The van der Waals surface area contributed by atoms with Crippen molar-refractivity contribution in [1.82, 2.24) is 9.78 Å². The molecule has 0 aliphatic carbocycles. The fourth-order valence-corrected chi connectivity index (χ4v) is 2.32. The van der Waals surface area contributed by atoms with Crippen LogP contribution in [0.3, 0.4) is 0 Å². The van der Waals surface area contributed by atoms with E-state index >= 15 is 0 Å². The molecule has 0 aromatic carbocycles. The molecular weight excluding hydrogens is 200 g/mol. The van der Waals surface area contributed by atoms with Crippen LogP contribution >= 0.6 is 11.8 Å². The Morgan fingerprint density at radius 2 is 2.29 bits per heavy atom. The quantitative estimate of drug-likeness (QED) is 0.588. The molecule has 80 valence electrons. The van der Waals surface area contributed by atoms with E-state index in [0.29, 0.717) is 6.61 Å². The van der Waals surface area contributed by atoms with Crippen LogP contribution in [0, 0.1) is 6.92 Å². The molecule has 0 unspecified atom stereocenters. The van der Waals surface area contributed by atoms with Crippen LogP contribution < -0.4 is 0 Å². The number of nitrogens with zero attached hydrogens (tertiary/aromatic N) is 2. The Bertz CT molecular complexity index is 299. The molecule has 1 aromatic rings. The van der Waals surface area contributed by atoms with E-state index in [-0.39, 0.29) is 6.61 Å². The van der Waals surface area contributed by atoms with Crippen LogP contribution in [0.1, 0.15) is 11.3 Å². The van der Waals surface area contributed by atoms with Gasteiger partial charge in [-0.05, 0) is 6.92 Å². The lowest BCUT2D eigenvalue weighted by molar-refractivity contribution is 0.218. The van der Waals surface area contributed by atoms with Gasteiger partial charge in [0, 0.05) is 25.5 Å². The fourth-order valence-electron chi connectivity index (χ4n) is 1.27. The average molecular weight is 216 g/mol. The summed E-state index contributed by atoms with van der Waals surface area (Å²) in [6, 6.07) is 0. The second kappa shape index (κ2) is 5.38. The zero-order valence-corrected chi connectivity index (χ0v) is 9.60. The number of aromatic nitrogens is 2. The Morgan fingerprint density at radius 3 is 2.86 bits per heavy atom. The lowest BCUT2D eigenvalue weighted by Gasteiger charge is -2.03. The highest BCUT2D eigenvalue weighted by molar-refractivity contribution is 7.99. The molecule has 4 nitrogen and oxygen atoms in total. The zero-order valence-electron chi connectivity index (χ0n) is 8.78. The Labute approximate surface area is 88.3 Å². The van der Waals surface area contributed by atoms with E-state index in [1.54, 1.807) is 23.6 Å². The van der Waals surface area contributed by atoms with E-state index < -0.39 is 0 Å². The van der Waals surface area contributed by atoms with Crippen molar-refractivity contribution in [1.29, 1.82) is 0 Å². The monoisotopic (exact) mass is 216 g/mol. The first-order chi connectivity index (χ1) is 6.70. The predicted octanol–water partition coefficient (Wildman–Crippen LogP) is 0.959. The molecule has 0 saturated carbocycles. The van der Waals surface area contributed by atoms with E-state index in [2.05, 4.69) is 5.10 Å². The number of aliphatic hydroxyl groups excluding tert-OH is 1. The van der Waals surface area contributed by atoms with E-state index in [1.807, 2.05) is 14.0 Å². The molecule has 5 heteroatoms. The van der Waals surface area contributed by atoms with Gasteiger partial charge in [-0.15, -0.1) is 11.8 Å². The molecular formula is C9H16N2O2S. The van der Waals surface area contributed by atoms with Gasteiger partial charge in [0.15, 0.2) is 0 Å². The summed E-state index contributed by atoms with van der Waals surface area (Å²) in [5.74, 6) is 0.877. The van der Waals surface area contributed by atoms with Gasteiger partial charge < -0.3 is 9.84 Å². The van der Waals surface area contributed by atoms with E-state index in [9.17, 15) is 5.11 Å². The van der Waals surface area contributed by atoms with Crippen molar-refractivity contribution < 1.29 is 9.84 Å². The Balaban J connectivity index is 2.73. The van der Waals surface area contributed by atoms with Crippen LogP contribution in [-0.2, 0) is 18.4 Å². The van der Waals surface area contributed by atoms with Crippen LogP contribution in [0.5, 0.6) is 0 Å². The Kier molecular flexibility index (Phi) is 4.44. The molecule has 14 heavy (non-hydrogen) atoms. The summed E-state index contributed by atoms with van der Waals surface area (Å²) in [5.41, 5.74) is 1.82. The van der Waals surface area contributed by atoms with Crippen molar-refractivity contribution >= 4 is 11.8 Å². The third kappa shape index (κ3) is 2.50. The lowest BCUT2D eigenvalue weighted by Crippen LogP contribution is -1.98. The highest BCUT2D eigenvalue weighted by atomic mass is 32.2. The molecule has 0 bridgehead atoms. The fraction of sp³-hybridized carbons (Fsp3) is 0.667. The first kappa shape index (κ1) is 11.6. The Hall–Kier alpha value is -0.520. The summed E-state index contributed by atoms with van der Waals surface area (Å²) in [5, 5.41) is 14.5. The molecule has 0 fully saturated rings. The topological polar surface area (TPSA) is 47.3 Å². The molecule has 0 atom stereocenters. The van der Waals surface area contributed by atoms with Gasteiger partial charge in [0.1, 0.15) is 0 Å². The van der Waals surface area contributed by atoms with Gasteiger partial charge in [-0.2, -0.15) is 5.10 Å². The predicted molar refractivity (Wildman–Crippen MR) is 56.5 cm³/mol. The second-order valence-electron chi connectivity index (χ2n) is 2.99. The summed E-state index contributed by atoms with van der Waals surface area (Å²) >= 11 is 1.66. The highest BCUT2D eigenvalue weighted by Gasteiger charge is 2.11. The van der Waals surface area contributed by atoms with Crippen molar-refractivity contribution in [2.45, 2.75) is 18.6 Å². The smallest absolute Gasteiger partial charge is 0.0995 e. The van der Waals surface area contributed by atoms with Crippen LogP contribution in [0.4, 0.5) is 0 Å². The molecule has 0 radical (unpaired) electrons. The van der Waals surface area contributed by atoms with Crippen molar-refractivity contribution in [3.63, 3.8) is 0 Å². The van der Waals surface area contributed by atoms with Crippen molar-refractivity contribution in [2.75, 3.05) is 19.5 Å². The van der Waals surface area contributed by atoms with Gasteiger partial charge in [-0.25, -0.2) is 0 Å². The van der Waals surface area contributed by atoms with Crippen LogP contribution in [0.15, 0.2) is 5.03 Å². The average Bonchev–Trinajstić information content (AvgIpc) is 2.42.